The van der Waals surface area contributed by atoms with E-state index in [4.69, 9.17) is 16.3 Å². The van der Waals surface area contributed by atoms with E-state index >= 15 is 0 Å². The number of pyridine rings is 1. The van der Waals surface area contributed by atoms with Crippen LogP contribution in [0.5, 0.6) is 0 Å². The van der Waals surface area contributed by atoms with Gasteiger partial charge < -0.3 is 15.0 Å². The number of halogens is 1. The maximum atomic E-state index is 12.3. The molecule has 11 heteroatoms. The molecule has 0 radical (unpaired) electrons. The fraction of sp³-hybridized carbons (Fsp3) is 0.474. The molecule has 0 spiro atoms. The van der Waals surface area contributed by atoms with E-state index in [9.17, 15) is 13.2 Å². The molecule has 1 N–H and O–H groups in total. The van der Waals surface area contributed by atoms with Gasteiger partial charge in [0.05, 0.1) is 40.6 Å². The molecule has 30 heavy (non-hydrogen) atoms. The van der Waals surface area contributed by atoms with Crippen LogP contribution in [0.1, 0.15) is 37.7 Å². The molecule has 9 nitrogen and oxygen atoms in total. The van der Waals surface area contributed by atoms with Crippen molar-refractivity contribution in [2.24, 2.45) is 0 Å². The van der Waals surface area contributed by atoms with Crippen molar-refractivity contribution in [3.63, 3.8) is 0 Å². The largest absolute Gasteiger partial charge is 0.444 e. The number of hydrogen-bond acceptors (Lipinski definition) is 8. The van der Waals surface area contributed by atoms with E-state index in [1.165, 1.54) is 6.20 Å². The maximum Gasteiger partial charge on any atom is 0.410 e. The Kier molecular flexibility index (Phi) is 6.19. The second-order valence-corrected chi connectivity index (χ2v) is 10.7. The summed E-state index contributed by atoms with van der Waals surface area (Å²) in [6, 6.07) is 1.57. The van der Waals surface area contributed by atoms with Crippen LogP contribution in [-0.2, 0) is 33.3 Å². The first-order valence-electron chi connectivity index (χ1n) is 9.31. The SMILES string of the molecule is CC(C)(C)OC(=O)N1CCc2cnc(Nc3cnc(CS(C)(=O)=O)c(Cl)c3)nc2C1. The van der Waals surface area contributed by atoms with Gasteiger partial charge in [0, 0.05) is 19.0 Å². The molecule has 0 atom stereocenters. The Bertz CT molecular complexity index is 1070. The molecule has 0 aliphatic carbocycles. The number of carbonyl (C=O) groups excluding carboxylic acids is 1. The quantitative estimate of drug-likeness (QED) is 0.750. The van der Waals surface area contributed by atoms with Crippen molar-refractivity contribution >= 4 is 39.2 Å². The van der Waals surface area contributed by atoms with Crippen LogP contribution in [0.3, 0.4) is 0 Å². The zero-order valence-corrected chi connectivity index (χ0v) is 18.8. The van der Waals surface area contributed by atoms with Crippen LogP contribution in [0.25, 0.3) is 0 Å². The molecular weight excluding hydrogens is 430 g/mol. The van der Waals surface area contributed by atoms with Gasteiger partial charge in [-0.05, 0) is 38.8 Å². The van der Waals surface area contributed by atoms with Gasteiger partial charge in [0.15, 0.2) is 9.84 Å². The number of ether oxygens (including phenoxy) is 1. The zero-order valence-electron chi connectivity index (χ0n) is 17.3. The Morgan fingerprint density at radius 3 is 2.67 bits per heavy atom. The Labute approximate surface area is 180 Å². The van der Waals surface area contributed by atoms with Gasteiger partial charge in [-0.25, -0.2) is 23.2 Å². The van der Waals surface area contributed by atoms with Gasteiger partial charge >= 0.3 is 6.09 Å². The normalized spacial score (nSPS) is 14.2. The van der Waals surface area contributed by atoms with E-state index < -0.39 is 15.4 Å². The number of nitrogens with one attached hydrogen (secondary N) is 1. The van der Waals surface area contributed by atoms with Crippen molar-refractivity contribution in [3.8, 4) is 0 Å². The molecule has 1 amide bonds. The molecule has 1 aliphatic rings. The van der Waals surface area contributed by atoms with Crippen molar-refractivity contribution in [2.75, 3.05) is 18.1 Å². The van der Waals surface area contributed by atoms with Gasteiger partial charge in [-0.15, -0.1) is 0 Å². The van der Waals surface area contributed by atoms with Crippen molar-refractivity contribution in [1.29, 1.82) is 0 Å². The summed E-state index contributed by atoms with van der Waals surface area (Å²) in [4.78, 5) is 26.9. The predicted octanol–water partition coefficient (Wildman–Crippen LogP) is 3.11. The molecule has 0 aromatic carbocycles. The highest BCUT2D eigenvalue weighted by atomic mass is 35.5. The van der Waals surface area contributed by atoms with Gasteiger partial charge in [0.1, 0.15) is 5.60 Å². The van der Waals surface area contributed by atoms with E-state index in [-0.39, 0.29) is 22.6 Å². The molecule has 3 heterocycles. The first-order valence-corrected chi connectivity index (χ1v) is 11.8. The second-order valence-electron chi connectivity index (χ2n) is 8.17. The molecule has 0 saturated heterocycles. The minimum absolute atomic E-state index is 0.234. The second kappa shape index (κ2) is 8.35. The first-order chi connectivity index (χ1) is 13.9. The minimum Gasteiger partial charge on any atom is -0.444 e. The van der Waals surface area contributed by atoms with E-state index in [0.717, 1.165) is 17.5 Å². The highest BCUT2D eigenvalue weighted by Gasteiger charge is 2.26. The van der Waals surface area contributed by atoms with Crippen LogP contribution in [0.15, 0.2) is 18.5 Å². The van der Waals surface area contributed by atoms with Crippen LogP contribution in [0, 0.1) is 0 Å². The molecule has 2 aromatic heterocycles. The van der Waals surface area contributed by atoms with E-state index in [2.05, 4.69) is 20.3 Å². The van der Waals surface area contributed by atoms with Gasteiger partial charge in [0.2, 0.25) is 5.95 Å². The number of fused-ring (bicyclic) bond motifs is 1. The predicted molar refractivity (Wildman–Crippen MR) is 113 cm³/mol. The Balaban J connectivity index is 1.73. The first kappa shape index (κ1) is 22.2. The van der Waals surface area contributed by atoms with Crippen LogP contribution < -0.4 is 5.32 Å². The number of anilines is 2. The van der Waals surface area contributed by atoms with Crippen molar-refractivity contribution in [3.05, 3.63) is 40.4 Å². The Hall–Kier alpha value is -2.46. The molecule has 1 aliphatic heterocycles. The fourth-order valence-electron chi connectivity index (χ4n) is 2.86. The van der Waals surface area contributed by atoms with Crippen LogP contribution in [0.4, 0.5) is 16.4 Å². The van der Waals surface area contributed by atoms with E-state index in [1.807, 2.05) is 20.8 Å². The Morgan fingerprint density at radius 1 is 1.30 bits per heavy atom. The highest BCUT2D eigenvalue weighted by molar-refractivity contribution is 7.89. The summed E-state index contributed by atoms with van der Waals surface area (Å²) in [5.74, 6) is 0.0932. The third-order valence-electron chi connectivity index (χ3n) is 4.17. The Morgan fingerprint density at radius 2 is 2.03 bits per heavy atom. The maximum absolute atomic E-state index is 12.3. The summed E-state index contributed by atoms with van der Waals surface area (Å²) >= 11 is 6.16. The lowest BCUT2D eigenvalue weighted by Crippen LogP contribution is -2.40. The number of hydrogen-bond donors (Lipinski definition) is 1. The average molecular weight is 454 g/mol. The average Bonchev–Trinajstić information content (AvgIpc) is 2.61. The number of nitrogens with zero attached hydrogens (tertiary/aromatic N) is 4. The number of carbonyl (C=O) groups is 1. The summed E-state index contributed by atoms with van der Waals surface area (Å²) in [5, 5.41) is 3.25. The number of aromatic nitrogens is 3. The highest BCUT2D eigenvalue weighted by Crippen LogP contribution is 2.24. The molecule has 2 aromatic rings. The van der Waals surface area contributed by atoms with E-state index in [1.54, 1.807) is 17.2 Å². The standard InChI is InChI=1S/C19H24ClN5O4S/c1-19(2,3)29-18(26)25-6-5-12-8-22-17(24-15(12)10-25)23-13-7-14(20)16(21-9-13)11-30(4,27)28/h7-9H,5-6,10-11H2,1-4H3,(H,22,23,24). The molecule has 0 saturated carbocycles. The van der Waals surface area contributed by atoms with Crippen molar-refractivity contribution in [2.45, 2.75) is 45.1 Å². The van der Waals surface area contributed by atoms with Gasteiger partial charge in [0.25, 0.3) is 0 Å². The summed E-state index contributed by atoms with van der Waals surface area (Å²) < 4.78 is 28.3. The lowest BCUT2D eigenvalue weighted by atomic mass is 10.1. The summed E-state index contributed by atoms with van der Waals surface area (Å²) in [5.41, 5.74) is 1.95. The smallest absolute Gasteiger partial charge is 0.410 e. The fourth-order valence-corrected chi connectivity index (χ4v) is 3.90. The zero-order chi connectivity index (χ0) is 22.1. The minimum atomic E-state index is -3.24. The lowest BCUT2D eigenvalue weighted by Gasteiger charge is -2.30. The third-order valence-corrected chi connectivity index (χ3v) is 5.30. The van der Waals surface area contributed by atoms with Gasteiger partial charge in [-0.1, -0.05) is 11.6 Å². The summed E-state index contributed by atoms with van der Waals surface area (Å²) in [6.45, 7) is 6.35. The third kappa shape index (κ3) is 6.02. The topological polar surface area (TPSA) is 114 Å². The molecule has 162 valence electrons. The van der Waals surface area contributed by atoms with Crippen LogP contribution in [0.2, 0.25) is 5.02 Å². The molecule has 0 unspecified atom stereocenters. The number of rotatable bonds is 4. The van der Waals surface area contributed by atoms with Crippen molar-refractivity contribution < 1.29 is 17.9 Å². The summed E-state index contributed by atoms with van der Waals surface area (Å²) in [6.07, 6.45) is 4.59. The number of amides is 1. The number of sulfone groups is 1. The summed E-state index contributed by atoms with van der Waals surface area (Å²) in [7, 11) is -3.24. The van der Waals surface area contributed by atoms with Crippen LogP contribution >= 0.6 is 11.6 Å². The molecule has 0 bridgehead atoms. The molecule has 0 fully saturated rings. The molecular formula is C19H24ClN5O4S. The molecule has 3 rings (SSSR count). The van der Waals surface area contributed by atoms with Gasteiger partial charge in [-0.3, -0.25) is 4.98 Å². The van der Waals surface area contributed by atoms with Crippen molar-refractivity contribution in [1.82, 2.24) is 19.9 Å². The monoisotopic (exact) mass is 453 g/mol. The van der Waals surface area contributed by atoms with Gasteiger partial charge in [-0.2, -0.15) is 0 Å². The lowest BCUT2D eigenvalue weighted by molar-refractivity contribution is 0.0220. The van der Waals surface area contributed by atoms with E-state index in [0.29, 0.717) is 31.1 Å². The van der Waals surface area contributed by atoms with Crippen LogP contribution in [-0.4, -0.2) is 52.8 Å².